The number of nitrogens with one attached hydrogen (secondary N) is 1. The van der Waals surface area contributed by atoms with Crippen molar-refractivity contribution >= 4 is 22.1 Å². The third kappa shape index (κ3) is 5.69. The van der Waals surface area contributed by atoms with Gasteiger partial charge in [-0.15, -0.1) is 0 Å². The third-order valence-corrected chi connectivity index (χ3v) is 4.23. The minimum atomic E-state index is -3.86. The fourth-order valence-electron chi connectivity index (χ4n) is 2.00. The molecule has 0 spiro atoms. The second-order valence-electron chi connectivity index (χ2n) is 4.96. The maximum Gasteiger partial charge on any atom is 0.322 e. The van der Waals surface area contributed by atoms with Crippen molar-refractivity contribution in [3.63, 3.8) is 0 Å². The molecule has 6 heteroatoms. The molecule has 0 amide bonds. The minimum absolute atomic E-state index is 0.0780. The van der Waals surface area contributed by atoms with E-state index in [0.717, 1.165) is 11.0 Å². The molecule has 2 rings (SSSR count). The number of carbonyl (C=O) groups is 1. The van der Waals surface area contributed by atoms with Crippen LogP contribution in [0.5, 0.6) is 0 Å². The van der Waals surface area contributed by atoms with Crippen molar-refractivity contribution in [2.24, 2.45) is 0 Å². The van der Waals surface area contributed by atoms with Gasteiger partial charge in [-0.1, -0.05) is 60.7 Å². The fourth-order valence-corrected chi connectivity index (χ4v) is 2.99. The first kappa shape index (κ1) is 16.9. The summed E-state index contributed by atoms with van der Waals surface area (Å²) in [5.74, 6) is -1.22. The summed E-state index contributed by atoms with van der Waals surface area (Å²) in [6.45, 7) is 0. The Morgan fingerprint density at radius 2 is 1.61 bits per heavy atom. The average Bonchev–Trinajstić information content (AvgIpc) is 2.54. The van der Waals surface area contributed by atoms with Gasteiger partial charge in [-0.05, 0) is 23.6 Å². The second kappa shape index (κ2) is 7.71. The first-order chi connectivity index (χ1) is 11.0. The molecule has 0 aromatic heterocycles. The number of sulfonamides is 1. The van der Waals surface area contributed by atoms with Gasteiger partial charge in [-0.25, -0.2) is 8.42 Å². The van der Waals surface area contributed by atoms with Gasteiger partial charge in [0.05, 0.1) is 0 Å². The lowest BCUT2D eigenvalue weighted by molar-refractivity contribution is -0.138. The smallest absolute Gasteiger partial charge is 0.322 e. The van der Waals surface area contributed by atoms with Crippen molar-refractivity contribution in [1.82, 2.24) is 4.72 Å². The van der Waals surface area contributed by atoms with E-state index in [9.17, 15) is 18.3 Å². The summed E-state index contributed by atoms with van der Waals surface area (Å²) in [5, 5.41) is 10.2. The highest BCUT2D eigenvalue weighted by molar-refractivity contribution is 7.92. The quantitative estimate of drug-likeness (QED) is 0.815. The third-order valence-electron chi connectivity index (χ3n) is 3.13. The minimum Gasteiger partial charge on any atom is -0.480 e. The molecule has 0 unspecified atom stereocenters. The number of hydrogen-bond acceptors (Lipinski definition) is 3. The zero-order valence-electron chi connectivity index (χ0n) is 12.3. The Hall–Kier alpha value is -2.44. The molecule has 0 radical (unpaired) electrons. The van der Waals surface area contributed by atoms with Crippen LogP contribution in [0.4, 0.5) is 0 Å². The Balaban J connectivity index is 2.09. The molecule has 2 N–H and O–H groups in total. The Morgan fingerprint density at radius 1 is 1.04 bits per heavy atom. The fraction of sp³-hybridized carbons (Fsp3) is 0.118. The average molecular weight is 331 g/mol. The highest BCUT2D eigenvalue weighted by Crippen LogP contribution is 2.07. The predicted molar refractivity (Wildman–Crippen MR) is 89.1 cm³/mol. The lowest BCUT2D eigenvalue weighted by Crippen LogP contribution is -2.41. The summed E-state index contributed by atoms with van der Waals surface area (Å²) in [4.78, 5) is 11.3. The van der Waals surface area contributed by atoms with Crippen molar-refractivity contribution in [2.45, 2.75) is 12.5 Å². The lowest BCUT2D eigenvalue weighted by atomic mass is 10.1. The molecule has 2 aromatic carbocycles. The summed E-state index contributed by atoms with van der Waals surface area (Å²) in [5.41, 5.74) is 1.46. The Labute approximate surface area is 135 Å². The van der Waals surface area contributed by atoms with E-state index in [0.29, 0.717) is 5.56 Å². The van der Waals surface area contributed by atoms with Crippen molar-refractivity contribution in [2.75, 3.05) is 0 Å². The molecule has 1 atom stereocenters. The van der Waals surface area contributed by atoms with Gasteiger partial charge in [0.1, 0.15) is 6.04 Å². The zero-order valence-corrected chi connectivity index (χ0v) is 13.1. The first-order valence-corrected chi connectivity index (χ1v) is 8.53. The van der Waals surface area contributed by atoms with Crippen molar-refractivity contribution in [3.05, 3.63) is 77.2 Å². The molecular weight excluding hydrogens is 314 g/mol. The molecule has 120 valence electrons. The summed E-state index contributed by atoms with van der Waals surface area (Å²) in [6.07, 6.45) is 1.50. The van der Waals surface area contributed by atoms with E-state index in [1.165, 1.54) is 6.08 Å². The van der Waals surface area contributed by atoms with Crippen LogP contribution in [-0.4, -0.2) is 25.5 Å². The standard InChI is InChI=1S/C17H17NO4S/c19-17(20)16(13-15-9-5-2-6-10-15)18-23(21,22)12-11-14-7-3-1-4-8-14/h1-12,16,18H,13H2,(H,19,20)/b12-11+/t16-/m0/s1. The van der Waals surface area contributed by atoms with E-state index in [-0.39, 0.29) is 6.42 Å². The topological polar surface area (TPSA) is 83.5 Å². The van der Waals surface area contributed by atoms with Crippen LogP contribution in [0.25, 0.3) is 6.08 Å². The number of carboxylic acids is 1. The van der Waals surface area contributed by atoms with Crippen LogP contribution in [0, 0.1) is 0 Å². The van der Waals surface area contributed by atoms with Crippen molar-refractivity contribution in [3.8, 4) is 0 Å². The Bertz CT molecular complexity index is 771. The van der Waals surface area contributed by atoms with Gasteiger partial charge in [0, 0.05) is 5.41 Å². The normalized spacial score (nSPS) is 13.0. The van der Waals surface area contributed by atoms with Gasteiger partial charge in [0.15, 0.2) is 0 Å². The summed E-state index contributed by atoms with van der Waals surface area (Å²) >= 11 is 0. The molecule has 0 aliphatic rings. The molecular formula is C17H17NO4S. The molecule has 0 aliphatic carbocycles. The zero-order chi connectivity index (χ0) is 16.7. The van der Waals surface area contributed by atoms with E-state index < -0.39 is 22.0 Å². The van der Waals surface area contributed by atoms with Gasteiger partial charge in [0.2, 0.25) is 10.0 Å². The highest BCUT2D eigenvalue weighted by atomic mass is 32.2. The largest absolute Gasteiger partial charge is 0.480 e. The van der Waals surface area contributed by atoms with E-state index in [4.69, 9.17) is 0 Å². The van der Waals surface area contributed by atoms with Crippen LogP contribution < -0.4 is 4.72 Å². The number of rotatable bonds is 7. The Kier molecular flexibility index (Phi) is 5.67. The Morgan fingerprint density at radius 3 is 2.17 bits per heavy atom. The van der Waals surface area contributed by atoms with Crippen LogP contribution in [0.3, 0.4) is 0 Å². The van der Waals surface area contributed by atoms with E-state index in [1.54, 1.807) is 48.5 Å². The van der Waals surface area contributed by atoms with Crippen LogP contribution in [-0.2, 0) is 21.2 Å². The molecule has 0 bridgehead atoms. The number of aliphatic carboxylic acids is 1. The predicted octanol–water partition coefficient (Wildman–Crippen LogP) is 2.27. The highest BCUT2D eigenvalue weighted by Gasteiger charge is 2.22. The maximum absolute atomic E-state index is 12.0. The molecule has 0 saturated carbocycles. The molecule has 23 heavy (non-hydrogen) atoms. The van der Waals surface area contributed by atoms with E-state index in [2.05, 4.69) is 4.72 Å². The molecule has 0 heterocycles. The van der Waals surface area contributed by atoms with Crippen LogP contribution in [0.15, 0.2) is 66.1 Å². The maximum atomic E-state index is 12.0. The lowest BCUT2D eigenvalue weighted by Gasteiger charge is -2.13. The van der Waals surface area contributed by atoms with Crippen LogP contribution in [0.1, 0.15) is 11.1 Å². The van der Waals surface area contributed by atoms with E-state index >= 15 is 0 Å². The SMILES string of the molecule is O=C(O)[C@H](Cc1ccccc1)NS(=O)(=O)/C=C/c1ccccc1. The van der Waals surface area contributed by atoms with Gasteiger partial charge in [0.25, 0.3) is 0 Å². The van der Waals surface area contributed by atoms with Crippen LogP contribution in [0.2, 0.25) is 0 Å². The van der Waals surface area contributed by atoms with Gasteiger partial charge >= 0.3 is 5.97 Å². The summed E-state index contributed by atoms with van der Waals surface area (Å²) in [6, 6.07) is 16.6. The summed E-state index contributed by atoms with van der Waals surface area (Å²) < 4.78 is 26.3. The number of carboxylic acid groups (broad SMARTS) is 1. The monoisotopic (exact) mass is 331 g/mol. The molecule has 0 saturated heterocycles. The van der Waals surface area contributed by atoms with Gasteiger partial charge < -0.3 is 5.11 Å². The van der Waals surface area contributed by atoms with Crippen molar-refractivity contribution < 1.29 is 18.3 Å². The van der Waals surface area contributed by atoms with Crippen LogP contribution >= 0.6 is 0 Å². The molecule has 0 aliphatic heterocycles. The van der Waals surface area contributed by atoms with Crippen molar-refractivity contribution in [1.29, 1.82) is 0 Å². The number of benzene rings is 2. The molecule has 0 fully saturated rings. The first-order valence-electron chi connectivity index (χ1n) is 6.98. The molecule has 5 nitrogen and oxygen atoms in total. The summed E-state index contributed by atoms with van der Waals surface area (Å²) in [7, 11) is -3.86. The molecule has 2 aromatic rings. The number of hydrogen-bond donors (Lipinski definition) is 2. The second-order valence-corrected chi connectivity index (χ2v) is 6.55. The van der Waals surface area contributed by atoms with Gasteiger partial charge in [-0.2, -0.15) is 4.72 Å². The van der Waals surface area contributed by atoms with Gasteiger partial charge in [-0.3, -0.25) is 4.79 Å². The van der Waals surface area contributed by atoms with E-state index in [1.807, 2.05) is 12.1 Å².